The van der Waals surface area contributed by atoms with Gasteiger partial charge in [0.25, 0.3) is 0 Å². The number of imidazole rings is 1. The molecule has 0 aliphatic carbocycles. The maximum Gasteiger partial charge on any atom is 0.354 e. The van der Waals surface area contributed by atoms with Gasteiger partial charge in [0.2, 0.25) is 0 Å². The number of carboxylic acid groups (broad SMARTS) is 1. The lowest BCUT2D eigenvalue weighted by Gasteiger charge is -1.95. The van der Waals surface area contributed by atoms with Crippen molar-refractivity contribution in [3.8, 4) is 0 Å². The summed E-state index contributed by atoms with van der Waals surface area (Å²) >= 11 is 0. The van der Waals surface area contributed by atoms with Crippen molar-refractivity contribution < 1.29 is 9.90 Å². The van der Waals surface area contributed by atoms with Gasteiger partial charge >= 0.3 is 5.97 Å². The second kappa shape index (κ2) is 4.95. The Balaban J connectivity index is 0.000000980. The zero-order valence-corrected chi connectivity index (χ0v) is 9.38. The normalized spacial score (nSPS) is 9.13. The molecule has 0 aliphatic heterocycles. The van der Waals surface area contributed by atoms with E-state index < -0.39 is 5.97 Å². The summed E-state index contributed by atoms with van der Waals surface area (Å²) in [5.41, 5.74) is 1.51. The van der Waals surface area contributed by atoms with Crippen LogP contribution in [0, 0.1) is 0 Å². The smallest absolute Gasteiger partial charge is 0.354 e. The van der Waals surface area contributed by atoms with E-state index in [0.717, 1.165) is 5.52 Å². The highest BCUT2D eigenvalue weighted by molar-refractivity contribution is 5.89. The van der Waals surface area contributed by atoms with Crippen molar-refractivity contribution in [1.29, 1.82) is 0 Å². The average Bonchev–Trinajstić information content (AvgIpc) is 2.47. The molecule has 0 atom stereocenters. The van der Waals surface area contributed by atoms with Gasteiger partial charge in [-0.1, -0.05) is 0 Å². The van der Waals surface area contributed by atoms with E-state index in [1.807, 2.05) is 0 Å². The quantitative estimate of drug-likeness (QED) is 0.832. The molecule has 0 radical (unpaired) electrons. The van der Waals surface area contributed by atoms with Crippen LogP contribution in [0.3, 0.4) is 0 Å². The van der Waals surface area contributed by atoms with Crippen LogP contribution in [-0.2, 0) is 7.05 Å². The lowest BCUT2D eigenvalue weighted by molar-refractivity contribution is 0.0690. The largest absolute Gasteiger partial charge is 0.477 e. The molecule has 2 rings (SSSR count). The van der Waals surface area contributed by atoms with Crippen molar-refractivity contribution in [2.45, 2.75) is 0 Å². The molecule has 5 nitrogen and oxygen atoms in total. The molecule has 2 aromatic heterocycles. The maximum atomic E-state index is 10.6. The molecule has 0 spiro atoms. The Morgan fingerprint density at radius 2 is 2.07 bits per heavy atom. The minimum absolute atomic E-state index is 0. The Morgan fingerprint density at radius 3 is 2.67 bits per heavy atom. The van der Waals surface area contributed by atoms with Crippen LogP contribution in [0.1, 0.15) is 10.5 Å². The van der Waals surface area contributed by atoms with Gasteiger partial charge in [0.15, 0.2) is 0 Å². The Morgan fingerprint density at radius 1 is 1.40 bits per heavy atom. The van der Waals surface area contributed by atoms with Gasteiger partial charge in [0, 0.05) is 7.05 Å². The molecule has 0 amide bonds. The van der Waals surface area contributed by atoms with Gasteiger partial charge in [0.05, 0.1) is 18.0 Å². The lowest BCUT2D eigenvalue weighted by Crippen LogP contribution is -1.99. The van der Waals surface area contributed by atoms with Gasteiger partial charge in [-0.15, -0.1) is 24.8 Å². The van der Waals surface area contributed by atoms with E-state index in [-0.39, 0.29) is 30.5 Å². The first-order valence-electron chi connectivity index (χ1n) is 3.69. The zero-order valence-electron chi connectivity index (χ0n) is 7.75. The van der Waals surface area contributed by atoms with Crippen molar-refractivity contribution in [3.63, 3.8) is 0 Å². The first kappa shape index (κ1) is 13.7. The minimum atomic E-state index is -1.02. The predicted molar refractivity (Wildman–Crippen MR) is 60.0 cm³/mol. The Bertz CT molecular complexity index is 484. The van der Waals surface area contributed by atoms with Crippen LogP contribution in [0.2, 0.25) is 0 Å². The van der Waals surface area contributed by atoms with Crippen LogP contribution < -0.4 is 0 Å². The summed E-state index contributed by atoms with van der Waals surface area (Å²) in [7, 11) is 1.81. The number of carbonyl (C=O) groups is 1. The van der Waals surface area contributed by atoms with Gasteiger partial charge in [-0.05, 0) is 6.07 Å². The molecule has 2 aromatic rings. The summed E-state index contributed by atoms with van der Waals surface area (Å²) in [6.07, 6.45) is 3.08. The number of aromatic carboxylic acids is 1. The number of aromatic nitrogens is 3. The van der Waals surface area contributed by atoms with Gasteiger partial charge in [-0.2, -0.15) is 0 Å². The number of nitrogens with zero attached hydrogens (tertiary/aromatic N) is 3. The number of rotatable bonds is 1. The summed E-state index contributed by atoms with van der Waals surface area (Å²) < 4.78 is 1.75. The van der Waals surface area contributed by atoms with Crippen LogP contribution in [0.5, 0.6) is 0 Å². The summed E-state index contributed by atoms with van der Waals surface area (Å²) in [6, 6.07) is 1.50. The van der Waals surface area contributed by atoms with Crippen molar-refractivity contribution in [2.24, 2.45) is 7.05 Å². The predicted octanol–water partition coefficient (Wildman–Crippen LogP) is 1.51. The first-order valence-corrected chi connectivity index (χ1v) is 3.69. The third kappa shape index (κ3) is 2.37. The van der Waals surface area contributed by atoms with E-state index in [0.29, 0.717) is 5.52 Å². The number of hydrogen-bond acceptors (Lipinski definition) is 3. The van der Waals surface area contributed by atoms with E-state index in [4.69, 9.17) is 5.11 Å². The summed E-state index contributed by atoms with van der Waals surface area (Å²) in [4.78, 5) is 18.4. The number of fused-ring (bicyclic) bond motifs is 1. The highest BCUT2D eigenvalue weighted by atomic mass is 35.5. The van der Waals surface area contributed by atoms with Gasteiger partial charge in [0.1, 0.15) is 11.2 Å². The Kier molecular flexibility index (Phi) is 4.51. The molecule has 0 saturated heterocycles. The first-order chi connectivity index (χ1) is 6.18. The van der Waals surface area contributed by atoms with Crippen LogP contribution >= 0.6 is 24.8 Å². The number of carboxylic acids is 1. The highest BCUT2D eigenvalue weighted by Gasteiger charge is 2.07. The van der Waals surface area contributed by atoms with Gasteiger partial charge in [-0.25, -0.2) is 14.8 Å². The average molecular weight is 250 g/mol. The van der Waals surface area contributed by atoms with E-state index in [2.05, 4.69) is 9.97 Å². The third-order valence-corrected chi connectivity index (χ3v) is 1.83. The summed E-state index contributed by atoms with van der Waals surface area (Å²) in [5.74, 6) is -1.02. The zero-order chi connectivity index (χ0) is 9.42. The van der Waals surface area contributed by atoms with Crippen molar-refractivity contribution in [1.82, 2.24) is 14.5 Å². The SMILES string of the molecule is Cl.Cl.Cn1cnc2cnc(C(=O)O)cc21. The van der Waals surface area contributed by atoms with Gasteiger partial charge < -0.3 is 9.67 Å². The molecular weight excluding hydrogens is 241 g/mol. The molecule has 0 fully saturated rings. The maximum absolute atomic E-state index is 10.6. The number of aryl methyl sites for hydroxylation is 1. The second-order valence-corrected chi connectivity index (χ2v) is 2.72. The molecule has 0 saturated carbocycles. The van der Waals surface area contributed by atoms with Crippen LogP contribution in [0.25, 0.3) is 11.0 Å². The fraction of sp³-hybridized carbons (Fsp3) is 0.125. The van der Waals surface area contributed by atoms with E-state index >= 15 is 0 Å². The minimum Gasteiger partial charge on any atom is -0.477 e. The molecule has 1 N–H and O–H groups in total. The van der Waals surface area contributed by atoms with E-state index in [9.17, 15) is 4.79 Å². The van der Waals surface area contributed by atoms with Crippen molar-refractivity contribution in [2.75, 3.05) is 0 Å². The number of hydrogen-bond donors (Lipinski definition) is 1. The summed E-state index contributed by atoms with van der Waals surface area (Å²) in [6.45, 7) is 0. The van der Waals surface area contributed by atoms with Crippen molar-refractivity contribution in [3.05, 3.63) is 24.3 Å². The lowest BCUT2D eigenvalue weighted by atomic mass is 10.3. The van der Waals surface area contributed by atoms with E-state index in [1.165, 1.54) is 12.3 Å². The van der Waals surface area contributed by atoms with Crippen LogP contribution in [0.4, 0.5) is 0 Å². The molecule has 0 unspecified atom stereocenters. The highest BCUT2D eigenvalue weighted by Crippen LogP contribution is 2.10. The molecule has 7 heteroatoms. The molecule has 0 aromatic carbocycles. The standard InChI is InChI=1S/C8H7N3O2.2ClH/c1-11-4-10-6-3-9-5(8(12)13)2-7(6)11;;/h2-4H,1H3,(H,12,13);2*1H. The molecular formula is C8H9Cl2N3O2. The topological polar surface area (TPSA) is 68.0 Å². The number of halogens is 2. The molecule has 0 bridgehead atoms. The summed E-state index contributed by atoms with van der Waals surface area (Å²) in [5, 5.41) is 8.68. The molecule has 0 aliphatic rings. The fourth-order valence-corrected chi connectivity index (χ4v) is 1.15. The fourth-order valence-electron chi connectivity index (χ4n) is 1.15. The molecule has 15 heavy (non-hydrogen) atoms. The molecule has 82 valence electrons. The Labute approximate surface area is 98.0 Å². The van der Waals surface area contributed by atoms with Crippen LogP contribution in [-0.4, -0.2) is 25.6 Å². The van der Waals surface area contributed by atoms with E-state index in [1.54, 1.807) is 17.9 Å². The second-order valence-electron chi connectivity index (χ2n) is 2.72. The number of pyridine rings is 1. The van der Waals surface area contributed by atoms with Gasteiger partial charge in [-0.3, -0.25) is 0 Å². The monoisotopic (exact) mass is 249 g/mol. The van der Waals surface area contributed by atoms with Crippen molar-refractivity contribution >= 4 is 41.8 Å². The molecule has 2 heterocycles. The Hall–Kier alpha value is -1.33. The van der Waals surface area contributed by atoms with Crippen LogP contribution in [0.15, 0.2) is 18.6 Å². The third-order valence-electron chi connectivity index (χ3n) is 1.83.